The second kappa shape index (κ2) is 5.93. The molecular formula is C17H13N3O3S. The van der Waals surface area contributed by atoms with Crippen LogP contribution in [0.5, 0.6) is 0 Å². The summed E-state index contributed by atoms with van der Waals surface area (Å²) in [5.74, 6) is 0.0307. The Labute approximate surface area is 141 Å². The second-order valence-corrected chi connectivity index (χ2v) is 6.33. The summed E-state index contributed by atoms with van der Waals surface area (Å²) < 4.78 is 5.05. The predicted molar refractivity (Wildman–Crippen MR) is 89.8 cm³/mol. The Hall–Kier alpha value is -2.93. The molecule has 7 heteroatoms. The van der Waals surface area contributed by atoms with Crippen molar-refractivity contribution in [3.63, 3.8) is 0 Å². The molecule has 0 saturated carbocycles. The monoisotopic (exact) mass is 339 g/mol. The average Bonchev–Trinajstić information content (AvgIpc) is 3.31. The van der Waals surface area contributed by atoms with E-state index in [1.165, 1.54) is 17.6 Å². The summed E-state index contributed by atoms with van der Waals surface area (Å²) in [5, 5.41) is 8.34. The molecular weight excluding hydrogens is 326 g/mol. The van der Waals surface area contributed by atoms with Crippen LogP contribution in [0.25, 0.3) is 11.3 Å². The zero-order valence-corrected chi connectivity index (χ0v) is 13.4. The summed E-state index contributed by atoms with van der Waals surface area (Å²) in [6, 6.07) is 9.10. The minimum Gasteiger partial charge on any atom is -0.459 e. The highest BCUT2D eigenvalue weighted by Gasteiger charge is 2.18. The molecule has 0 unspecified atom stereocenters. The summed E-state index contributed by atoms with van der Waals surface area (Å²) >= 11 is 1.48. The number of thiazole rings is 1. The third-order valence-electron chi connectivity index (χ3n) is 3.72. The number of rotatable bonds is 4. The second-order valence-electron chi connectivity index (χ2n) is 5.38. The number of aromatic nitrogens is 1. The fraction of sp³-hybridized carbons (Fsp3) is 0.118. The van der Waals surface area contributed by atoms with Crippen molar-refractivity contribution >= 4 is 28.8 Å². The van der Waals surface area contributed by atoms with Gasteiger partial charge in [0.05, 0.1) is 24.9 Å². The van der Waals surface area contributed by atoms with Gasteiger partial charge < -0.3 is 15.1 Å². The number of hydrogen-bond donors (Lipinski definition) is 2. The Kier molecular flexibility index (Phi) is 3.62. The number of nitrogens with one attached hydrogen (secondary N) is 2. The number of anilines is 1. The molecule has 6 nitrogen and oxygen atoms in total. The van der Waals surface area contributed by atoms with Crippen LogP contribution in [0.4, 0.5) is 5.69 Å². The highest BCUT2D eigenvalue weighted by Crippen LogP contribution is 2.29. The van der Waals surface area contributed by atoms with Gasteiger partial charge in [-0.3, -0.25) is 9.59 Å². The lowest BCUT2D eigenvalue weighted by molar-refractivity contribution is -0.115. The molecule has 4 rings (SSSR count). The first-order chi connectivity index (χ1) is 11.7. The summed E-state index contributed by atoms with van der Waals surface area (Å²) in [6.07, 6.45) is 1.86. The topological polar surface area (TPSA) is 84.2 Å². The molecule has 0 radical (unpaired) electrons. The maximum absolute atomic E-state index is 11.8. The molecule has 3 heterocycles. The number of carbonyl (C=O) groups excluding carboxylic acids is 2. The lowest BCUT2D eigenvalue weighted by Gasteiger charge is -2.02. The van der Waals surface area contributed by atoms with Crippen LogP contribution in [0.3, 0.4) is 0 Å². The summed E-state index contributed by atoms with van der Waals surface area (Å²) in [7, 11) is 0. The van der Waals surface area contributed by atoms with Crippen molar-refractivity contribution in [2.75, 3.05) is 5.32 Å². The van der Waals surface area contributed by atoms with Crippen molar-refractivity contribution in [1.29, 1.82) is 0 Å². The first-order valence-corrected chi connectivity index (χ1v) is 8.26. The molecule has 0 atom stereocenters. The van der Waals surface area contributed by atoms with Crippen molar-refractivity contribution in [3.8, 4) is 11.3 Å². The molecule has 120 valence electrons. The molecule has 0 spiro atoms. The van der Waals surface area contributed by atoms with Crippen molar-refractivity contribution in [3.05, 3.63) is 58.3 Å². The molecule has 2 N–H and O–H groups in total. The van der Waals surface area contributed by atoms with E-state index >= 15 is 0 Å². The average molecular weight is 339 g/mol. The zero-order valence-electron chi connectivity index (χ0n) is 12.5. The molecule has 1 aromatic carbocycles. The summed E-state index contributed by atoms with van der Waals surface area (Å²) in [4.78, 5) is 27.8. The van der Waals surface area contributed by atoms with E-state index in [-0.39, 0.29) is 17.6 Å². The molecule has 2 amide bonds. The van der Waals surface area contributed by atoms with Crippen LogP contribution in [-0.4, -0.2) is 16.8 Å². The van der Waals surface area contributed by atoms with E-state index in [2.05, 4.69) is 15.6 Å². The largest absolute Gasteiger partial charge is 0.459 e. The molecule has 0 fully saturated rings. The molecule has 24 heavy (non-hydrogen) atoms. The highest BCUT2D eigenvalue weighted by atomic mass is 32.1. The normalized spacial score (nSPS) is 12.8. The van der Waals surface area contributed by atoms with Gasteiger partial charge in [-0.1, -0.05) is 6.07 Å². The van der Waals surface area contributed by atoms with Gasteiger partial charge in [-0.15, -0.1) is 11.3 Å². The number of benzene rings is 1. The van der Waals surface area contributed by atoms with Crippen LogP contribution in [0, 0.1) is 0 Å². The smallest absolute Gasteiger partial charge is 0.287 e. The zero-order chi connectivity index (χ0) is 16.5. The van der Waals surface area contributed by atoms with E-state index in [9.17, 15) is 9.59 Å². The SMILES string of the molecule is O=C1Cc2cc(-c3csc(CNC(=O)c4ccco4)n3)ccc2N1. The van der Waals surface area contributed by atoms with E-state index in [0.717, 1.165) is 27.5 Å². The Morgan fingerprint density at radius 1 is 1.38 bits per heavy atom. The first-order valence-electron chi connectivity index (χ1n) is 7.38. The van der Waals surface area contributed by atoms with Crippen LogP contribution >= 0.6 is 11.3 Å². The van der Waals surface area contributed by atoms with Gasteiger partial charge in [0.2, 0.25) is 5.91 Å². The van der Waals surface area contributed by atoms with Crippen molar-refractivity contribution in [1.82, 2.24) is 10.3 Å². The minimum atomic E-state index is -0.265. The van der Waals surface area contributed by atoms with Crippen molar-refractivity contribution < 1.29 is 14.0 Å². The standard InChI is InChI=1S/C17H13N3O3S/c21-15-7-11-6-10(3-4-12(11)19-15)13-9-24-16(20-13)8-18-17(22)14-2-1-5-23-14/h1-6,9H,7-8H2,(H,18,22)(H,19,21). The van der Waals surface area contributed by atoms with Gasteiger partial charge in [0.15, 0.2) is 5.76 Å². The van der Waals surface area contributed by atoms with Gasteiger partial charge in [-0.25, -0.2) is 4.98 Å². The van der Waals surface area contributed by atoms with Crippen LogP contribution in [0.1, 0.15) is 21.1 Å². The third-order valence-corrected chi connectivity index (χ3v) is 4.57. The number of fused-ring (bicyclic) bond motifs is 1. The summed E-state index contributed by atoms with van der Waals surface area (Å²) in [5.41, 5.74) is 3.65. The van der Waals surface area contributed by atoms with Crippen LogP contribution in [0.15, 0.2) is 46.4 Å². The van der Waals surface area contributed by atoms with Gasteiger partial charge in [-0.2, -0.15) is 0 Å². The molecule has 1 aliphatic heterocycles. The molecule has 0 saturated heterocycles. The maximum Gasteiger partial charge on any atom is 0.287 e. The summed E-state index contributed by atoms with van der Waals surface area (Å²) in [6.45, 7) is 0.342. The van der Waals surface area contributed by atoms with E-state index in [1.807, 2.05) is 23.6 Å². The Morgan fingerprint density at radius 2 is 2.29 bits per heavy atom. The molecule has 2 aromatic heterocycles. The Bertz CT molecular complexity index is 915. The van der Waals surface area contributed by atoms with Gasteiger partial charge in [0, 0.05) is 16.6 Å². The van der Waals surface area contributed by atoms with E-state index in [4.69, 9.17) is 4.42 Å². The Balaban J connectivity index is 1.46. The van der Waals surface area contributed by atoms with Crippen LogP contribution < -0.4 is 10.6 Å². The number of nitrogens with zero attached hydrogens (tertiary/aromatic N) is 1. The number of furan rings is 1. The van der Waals surface area contributed by atoms with Crippen LogP contribution in [0.2, 0.25) is 0 Å². The Morgan fingerprint density at radius 3 is 3.12 bits per heavy atom. The maximum atomic E-state index is 11.8. The van der Waals surface area contributed by atoms with Gasteiger partial charge in [0.25, 0.3) is 5.91 Å². The van der Waals surface area contributed by atoms with Crippen molar-refractivity contribution in [2.45, 2.75) is 13.0 Å². The lowest BCUT2D eigenvalue weighted by atomic mass is 10.1. The van der Waals surface area contributed by atoms with Gasteiger partial charge in [-0.05, 0) is 29.8 Å². The van der Waals surface area contributed by atoms with E-state index < -0.39 is 0 Å². The molecule has 3 aromatic rings. The van der Waals surface area contributed by atoms with Gasteiger partial charge >= 0.3 is 0 Å². The fourth-order valence-corrected chi connectivity index (χ4v) is 3.31. The number of amides is 2. The fourth-order valence-electron chi connectivity index (χ4n) is 2.56. The van der Waals surface area contributed by atoms with Crippen LogP contribution in [-0.2, 0) is 17.8 Å². The number of hydrogen-bond acceptors (Lipinski definition) is 5. The van der Waals surface area contributed by atoms with E-state index in [0.29, 0.717) is 13.0 Å². The predicted octanol–water partition coefficient (Wildman–Crippen LogP) is 2.83. The molecule has 1 aliphatic rings. The molecule has 0 aliphatic carbocycles. The van der Waals surface area contributed by atoms with Gasteiger partial charge in [0.1, 0.15) is 5.01 Å². The first kappa shape index (κ1) is 14.6. The third kappa shape index (κ3) is 2.81. The quantitative estimate of drug-likeness (QED) is 0.765. The lowest BCUT2D eigenvalue weighted by Crippen LogP contribution is -2.22. The minimum absolute atomic E-state index is 0.0155. The van der Waals surface area contributed by atoms with E-state index in [1.54, 1.807) is 12.1 Å². The van der Waals surface area contributed by atoms with Crippen molar-refractivity contribution in [2.24, 2.45) is 0 Å². The highest BCUT2D eigenvalue weighted by molar-refractivity contribution is 7.09. The number of carbonyl (C=O) groups is 2. The molecule has 0 bridgehead atoms.